The number of carbonyl (C=O) groups is 1. The van der Waals surface area contributed by atoms with Gasteiger partial charge in [0, 0.05) is 39.2 Å². The lowest BCUT2D eigenvalue weighted by atomic mass is 10.1. The van der Waals surface area contributed by atoms with E-state index in [1.165, 1.54) is 0 Å². The minimum absolute atomic E-state index is 0.0942. The molecule has 0 radical (unpaired) electrons. The fraction of sp³-hybridized carbons (Fsp3) is 0.824. The zero-order valence-electron chi connectivity index (χ0n) is 14.2. The summed E-state index contributed by atoms with van der Waals surface area (Å²) in [5.41, 5.74) is -0.719. The van der Waals surface area contributed by atoms with Crippen molar-refractivity contribution in [1.82, 2.24) is 9.80 Å². The predicted octanol–water partition coefficient (Wildman–Crippen LogP) is 2.14. The Labute approximate surface area is 129 Å². The maximum Gasteiger partial charge on any atom is 0.254 e. The molecule has 0 aromatic heterocycles. The molecule has 1 aliphatic heterocycles. The van der Waals surface area contributed by atoms with Gasteiger partial charge in [-0.05, 0) is 27.2 Å². The number of ether oxygens (including phenoxy) is 1. The second-order valence-electron chi connectivity index (χ2n) is 5.87. The molecule has 1 unspecified atom stereocenters. The molecule has 0 N–H and O–H groups in total. The van der Waals surface area contributed by atoms with E-state index >= 15 is 0 Å². The number of piperazine rings is 1. The summed E-state index contributed by atoms with van der Waals surface area (Å²) in [4.78, 5) is 16.8. The molecule has 1 saturated heterocycles. The number of nitrogens with zero attached hydrogens (tertiary/aromatic N) is 2. The fourth-order valence-corrected chi connectivity index (χ4v) is 2.71. The second-order valence-corrected chi connectivity index (χ2v) is 5.87. The Kier molecular flexibility index (Phi) is 7.21. The van der Waals surface area contributed by atoms with Gasteiger partial charge in [0.1, 0.15) is 5.60 Å². The highest BCUT2D eigenvalue weighted by atomic mass is 16.5. The van der Waals surface area contributed by atoms with Crippen LogP contribution in [0, 0.1) is 11.8 Å². The molecule has 1 amide bonds. The number of amides is 1. The van der Waals surface area contributed by atoms with Crippen molar-refractivity contribution in [2.45, 2.75) is 59.1 Å². The lowest BCUT2D eigenvalue weighted by Crippen LogP contribution is -2.56. The van der Waals surface area contributed by atoms with Crippen LogP contribution in [0.5, 0.6) is 0 Å². The van der Waals surface area contributed by atoms with Crippen LogP contribution in [-0.4, -0.2) is 60.1 Å². The number of hydrogen-bond donors (Lipinski definition) is 0. The largest absolute Gasteiger partial charge is 0.366 e. The van der Waals surface area contributed by atoms with E-state index in [4.69, 9.17) is 4.74 Å². The Morgan fingerprint density at radius 1 is 1.19 bits per heavy atom. The summed E-state index contributed by atoms with van der Waals surface area (Å²) in [6.45, 7) is 13.7. The molecule has 1 fully saturated rings. The third-order valence-corrected chi connectivity index (χ3v) is 3.89. The van der Waals surface area contributed by atoms with Crippen LogP contribution < -0.4 is 0 Å². The van der Waals surface area contributed by atoms with Crippen molar-refractivity contribution in [2.24, 2.45) is 0 Å². The van der Waals surface area contributed by atoms with Gasteiger partial charge in [0.2, 0.25) is 0 Å². The van der Waals surface area contributed by atoms with Gasteiger partial charge < -0.3 is 9.64 Å². The lowest BCUT2D eigenvalue weighted by molar-refractivity contribution is -0.155. The first-order chi connectivity index (χ1) is 9.96. The van der Waals surface area contributed by atoms with Crippen LogP contribution in [0.4, 0.5) is 0 Å². The zero-order valence-corrected chi connectivity index (χ0v) is 14.2. The average Bonchev–Trinajstić information content (AvgIpc) is 2.48. The van der Waals surface area contributed by atoms with E-state index in [1.807, 2.05) is 25.7 Å². The smallest absolute Gasteiger partial charge is 0.254 e. The second kappa shape index (κ2) is 8.41. The summed E-state index contributed by atoms with van der Waals surface area (Å²) in [7, 11) is 0. The minimum Gasteiger partial charge on any atom is -0.366 e. The van der Waals surface area contributed by atoms with Crippen LogP contribution in [-0.2, 0) is 9.53 Å². The Bertz CT molecular complexity index is 387. The normalized spacial score (nSPS) is 18.0. The number of carbonyl (C=O) groups excluding carboxylic acids is 1. The summed E-state index contributed by atoms with van der Waals surface area (Å²) in [6, 6.07) is 0.321. The van der Waals surface area contributed by atoms with Gasteiger partial charge in [-0.2, -0.15) is 0 Å². The van der Waals surface area contributed by atoms with Gasteiger partial charge in [0.05, 0.1) is 6.04 Å². The van der Waals surface area contributed by atoms with Crippen molar-refractivity contribution in [3.05, 3.63) is 0 Å². The van der Waals surface area contributed by atoms with E-state index in [9.17, 15) is 4.79 Å². The molecule has 0 aromatic rings. The first-order valence-corrected chi connectivity index (χ1v) is 8.12. The molecule has 1 aliphatic rings. The van der Waals surface area contributed by atoms with Crippen LogP contribution in [0.15, 0.2) is 0 Å². The third-order valence-electron chi connectivity index (χ3n) is 3.89. The summed E-state index contributed by atoms with van der Waals surface area (Å²) in [5.74, 6) is 6.60. The topological polar surface area (TPSA) is 32.8 Å². The molecule has 4 nitrogen and oxygen atoms in total. The van der Waals surface area contributed by atoms with E-state index in [1.54, 1.807) is 0 Å². The molecular formula is C17H30N2O2. The summed E-state index contributed by atoms with van der Waals surface area (Å²) < 4.78 is 5.57. The Morgan fingerprint density at radius 2 is 1.81 bits per heavy atom. The van der Waals surface area contributed by atoms with Crippen LogP contribution in [0.25, 0.3) is 0 Å². The molecule has 0 bridgehead atoms. The van der Waals surface area contributed by atoms with Gasteiger partial charge in [-0.3, -0.25) is 9.69 Å². The van der Waals surface area contributed by atoms with Gasteiger partial charge in [-0.25, -0.2) is 0 Å². The first-order valence-electron chi connectivity index (χ1n) is 8.12. The van der Waals surface area contributed by atoms with Crippen LogP contribution >= 0.6 is 0 Å². The van der Waals surface area contributed by atoms with Crippen molar-refractivity contribution < 1.29 is 9.53 Å². The standard InChI is InChI=1S/C17H30N2O2/c1-6-9-10-15(7-2)18-11-13-19(14-12-18)16(20)17(4,5)21-8-3/h15H,6-8,11-14H2,1-5H3. The van der Waals surface area contributed by atoms with Crippen molar-refractivity contribution in [3.63, 3.8) is 0 Å². The Morgan fingerprint density at radius 3 is 2.29 bits per heavy atom. The van der Waals surface area contributed by atoms with E-state index < -0.39 is 5.60 Å². The summed E-state index contributed by atoms with van der Waals surface area (Å²) >= 11 is 0. The third kappa shape index (κ3) is 5.01. The van der Waals surface area contributed by atoms with E-state index in [0.717, 1.165) is 39.0 Å². The average molecular weight is 294 g/mol. The van der Waals surface area contributed by atoms with E-state index in [2.05, 4.69) is 30.6 Å². The molecule has 4 heteroatoms. The molecule has 120 valence electrons. The minimum atomic E-state index is -0.719. The van der Waals surface area contributed by atoms with Crippen LogP contribution in [0.3, 0.4) is 0 Å². The quantitative estimate of drug-likeness (QED) is 0.728. The van der Waals surface area contributed by atoms with Crippen LogP contribution in [0.2, 0.25) is 0 Å². The highest BCUT2D eigenvalue weighted by Gasteiger charge is 2.34. The Balaban J connectivity index is 2.57. The monoisotopic (exact) mass is 294 g/mol. The molecule has 1 heterocycles. The zero-order chi connectivity index (χ0) is 15.9. The van der Waals surface area contributed by atoms with E-state index in [-0.39, 0.29) is 5.91 Å². The first kappa shape index (κ1) is 18.0. The van der Waals surface area contributed by atoms with Crippen LogP contribution in [0.1, 0.15) is 47.5 Å². The maximum absolute atomic E-state index is 12.5. The molecule has 0 spiro atoms. The van der Waals surface area contributed by atoms with Crippen molar-refractivity contribution in [3.8, 4) is 11.8 Å². The molecule has 0 saturated carbocycles. The van der Waals surface area contributed by atoms with Gasteiger partial charge >= 0.3 is 0 Å². The van der Waals surface area contributed by atoms with Crippen molar-refractivity contribution >= 4 is 5.91 Å². The highest BCUT2D eigenvalue weighted by molar-refractivity contribution is 5.84. The fourth-order valence-electron chi connectivity index (χ4n) is 2.71. The lowest BCUT2D eigenvalue weighted by Gasteiger charge is -2.40. The molecular weight excluding hydrogens is 264 g/mol. The SMILES string of the molecule is CCC#CC(CC)N1CCN(C(=O)C(C)(C)OCC)CC1. The summed E-state index contributed by atoms with van der Waals surface area (Å²) in [6.07, 6.45) is 1.93. The number of rotatable bonds is 5. The van der Waals surface area contributed by atoms with Gasteiger partial charge in [-0.1, -0.05) is 19.8 Å². The van der Waals surface area contributed by atoms with Gasteiger partial charge in [0.15, 0.2) is 0 Å². The van der Waals surface area contributed by atoms with Crippen molar-refractivity contribution in [2.75, 3.05) is 32.8 Å². The molecule has 21 heavy (non-hydrogen) atoms. The summed E-state index contributed by atoms with van der Waals surface area (Å²) in [5, 5.41) is 0. The number of hydrogen-bond acceptors (Lipinski definition) is 3. The van der Waals surface area contributed by atoms with Gasteiger partial charge in [-0.15, -0.1) is 5.92 Å². The molecule has 1 rings (SSSR count). The molecule has 0 aliphatic carbocycles. The highest BCUT2D eigenvalue weighted by Crippen LogP contribution is 2.16. The van der Waals surface area contributed by atoms with Crippen molar-refractivity contribution in [1.29, 1.82) is 0 Å². The van der Waals surface area contributed by atoms with Gasteiger partial charge in [0.25, 0.3) is 5.91 Å². The predicted molar refractivity (Wildman–Crippen MR) is 86.0 cm³/mol. The Hall–Kier alpha value is -1.05. The van der Waals surface area contributed by atoms with E-state index in [0.29, 0.717) is 12.6 Å². The maximum atomic E-state index is 12.5. The molecule has 1 atom stereocenters. The molecule has 0 aromatic carbocycles.